The highest BCUT2D eigenvalue weighted by molar-refractivity contribution is 5.70. The second-order valence-electron chi connectivity index (χ2n) is 7.30. The van der Waals surface area contributed by atoms with Crippen molar-refractivity contribution in [3.63, 3.8) is 0 Å². The van der Waals surface area contributed by atoms with Crippen LogP contribution < -0.4 is 0 Å². The first-order valence-electron chi connectivity index (χ1n) is 8.19. The Morgan fingerprint density at radius 3 is 2.95 bits per heavy atom. The van der Waals surface area contributed by atoms with Crippen LogP contribution >= 0.6 is 0 Å². The molecule has 1 aromatic heterocycles. The summed E-state index contributed by atoms with van der Waals surface area (Å²) < 4.78 is 16.6. The van der Waals surface area contributed by atoms with Gasteiger partial charge in [-0.05, 0) is 19.3 Å². The summed E-state index contributed by atoms with van der Waals surface area (Å²) in [6.07, 6.45) is 4.22. The van der Waals surface area contributed by atoms with Gasteiger partial charge in [-0.15, -0.1) is 0 Å². The van der Waals surface area contributed by atoms with Crippen LogP contribution in [0.2, 0.25) is 0 Å². The third-order valence-electron chi connectivity index (χ3n) is 5.22. The second kappa shape index (κ2) is 5.05. The standard InChI is InChI=1S/C16H22N2O4/c1-16(2)13-10(7-8-20-13)14(16)21-12(19)6-5-11-17-15(18-22-11)9-3-4-9/h9-10,13-14H,3-8H2,1-2H3/t10-,13-,14+/m1/s1. The van der Waals surface area contributed by atoms with Crippen LogP contribution in [0.5, 0.6) is 0 Å². The van der Waals surface area contributed by atoms with Crippen LogP contribution in [0.4, 0.5) is 0 Å². The van der Waals surface area contributed by atoms with E-state index in [-0.39, 0.29) is 30.0 Å². The number of fused-ring (bicyclic) bond motifs is 1. The molecular weight excluding hydrogens is 284 g/mol. The minimum absolute atomic E-state index is 0.0304. The van der Waals surface area contributed by atoms with Crippen molar-refractivity contribution >= 4 is 5.97 Å². The minimum atomic E-state index is -0.186. The van der Waals surface area contributed by atoms with E-state index in [1.807, 2.05) is 0 Å². The largest absolute Gasteiger partial charge is 0.461 e. The Kier molecular flexibility index (Phi) is 3.25. The van der Waals surface area contributed by atoms with E-state index < -0.39 is 0 Å². The van der Waals surface area contributed by atoms with Gasteiger partial charge >= 0.3 is 5.97 Å². The molecule has 6 heteroatoms. The molecule has 0 N–H and O–H groups in total. The van der Waals surface area contributed by atoms with Crippen molar-refractivity contribution in [1.82, 2.24) is 10.1 Å². The van der Waals surface area contributed by atoms with Crippen molar-refractivity contribution in [1.29, 1.82) is 0 Å². The van der Waals surface area contributed by atoms with Gasteiger partial charge in [0.2, 0.25) is 5.89 Å². The van der Waals surface area contributed by atoms with Crippen molar-refractivity contribution in [2.75, 3.05) is 6.61 Å². The monoisotopic (exact) mass is 306 g/mol. The van der Waals surface area contributed by atoms with E-state index in [1.54, 1.807) is 0 Å². The van der Waals surface area contributed by atoms with E-state index in [0.29, 0.717) is 24.1 Å². The molecule has 3 fully saturated rings. The lowest BCUT2D eigenvalue weighted by Crippen LogP contribution is -2.61. The zero-order valence-corrected chi connectivity index (χ0v) is 13.1. The zero-order valence-electron chi connectivity index (χ0n) is 13.1. The fraction of sp³-hybridized carbons (Fsp3) is 0.812. The number of aryl methyl sites for hydroxylation is 1. The first kappa shape index (κ1) is 14.2. The molecule has 2 aliphatic carbocycles. The summed E-state index contributed by atoms with van der Waals surface area (Å²) in [5.74, 6) is 1.97. The van der Waals surface area contributed by atoms with Gasteiger partial charge in [-0.25, -0.2) is 0 Å². The van der Waals surface area contributed by atoms with Crippen LogP contribution in [0.25, 0.3) is 0 Å². The summed E-state index contributed by atoms with van der Waals surface area (Å²) in [6.45, 7) is 4.99. The van der Waals surface area contributed by atoms with Gasteiger partial charge in [0.25, 0.3) is 0 Å². The van der Waals surface area contributed by atoms with E-state index in [9.17, 15) is 4.79 Å². The molecule has 3 aliphatic rings. The third kappa shape index (κ3) is 2.33. The molecule has 2 heterocycles. The van der Waals surface area contributed by atoms with Gasteiger partial charge in [-0.2, -0.15) is 4.98 Å². The molecule has 1 aliphatic heterocycles. The lowest BCUT2D eigenvalue weighted by Gasteiger charge is -2.53. The molecule has 0 spiro atoms. The van der Waals surface area contributed by atoms with Crippen LogP contribution in [-0.2, 0) is 20.7 Å². The lowest BCUT2D eigenvalue weighted by molar-refractivity contribution is -0.210. The predicted molar refractivity (Wildman–Crippen MR) is 76.1 cm³/mol. The van der Waals surface area contributed by atoms with Gasteiger partial charge in [0.15, 0.2) is 5.82 Å². The van der Waals surface area contributed by atoms with Gasteiger partial charge in [0.1, 0.15) is 6.10 Å². The summed E-state index contributed by atoms with van der Waals surface area (Å²) in [6, 6.07) is 0. The van der Waals surface area contributed by atoms with Gasteiger partial charge < -0.3 is 14.0 Å². The summed E-state index contributed by atoms with van der Waals surface area (Å²) in [5.41, 5.74) is -0.0829. The fourth-order valence-electron chi connectivity index (χ4n) is 3.80. The highest BCUT2D eigenvalue weighted by atomic mass is 16.6. The zero-order chi connectivity index (χ0) is 15.3. The summed E-state index contributed by atoms with van der Waals surface area (Å²) in [4.78, 5) is 16.4. The summed E-state index contributed by atoms with van der Waals surface area (Å²) in [7, 11) is 0. The van der Waals surface area contributed by atoms with Gasteiger partial charge in [0.05, 0.1) is 12.5 Å². The number of nitrogens with zero attached hydrogens (tertiary/aromatic N) is 2. The smallest absolute Gasteiger partial charge is 0.306 e. The molecule has 22 heavy (non-hydrogen) atoms. The van der Waals surface area contributed by atoms with E-state index in [0.717, 1.165) is 31.7 Å². The molecule has 4 rings (SSSR count). The van der Waals surface area contributed by atoms with Crippen molar-refractivity contribution in [3.8, 4) is 0 Å². The Hall–Kier alpha value is -1.43. The van der Waals surface area contributed by atoms with Crippen molar-refractivity contribution in [3.05, 3.63) is 11.7 Å². The highest BCUT2D eigenvalue weighted by Crippen LogP contribution is 2.53. The Morgan fingerprint density at radius 2 is 2.18 bits per heavy atom. The average Bonchev–Trinajstić information content (AvgIpc) is 3.06. The molecule has 3 atom stereocenters. The van der Waals surface area contributed by atoms with E-state index in [2.05, 4.69) is 24.0 Å². The quantitative estimate of drug-likeness (QED) is 0.777. The predicted octanol–water partition coefficient (Wildman–Crippen LogP) is 2.24. The molecule has 1 saturated heterocycles. The maximum Gasteiger partial charge on any atom is 0.306 e. The van der Waals surface area contributed by atoms with Crippen LogP contribution in [-0.4, -0.2) is 34.9 Å². The number of carbonyl (C=O) groups excluding carboxylic acids is 1. The summed E-state index contributed by atoms with van der Waals surface area (Å²) >= 11 is 0. The molecule has 1 aromatic rings. The van der Waals surface area contributed by atoms with E-state index >= 15 is 0 Å². The molecule has 0 amide bonds. The number of rotatable bonds is 5. The Bertz CT molecular complexity index is 578. The van der Waals surface area contributed by atoms with Gasteiger partial charge in [0, 0.05) is 30.3 Å². The average molecular weight is 306 g/mol. The maximum absolute atomic E-state index is 12.1. The molecule has 0 bridgehead atoms. The van der Waals surface area contributed by atoms with Gasteiger partial charge in [-0.3, -0.25) is 4.79 Å². The normalized spacial score (nSPS) is 32.4. The SMILES string of the molecule is CC1(C)[C@@H]2OCC[C@H]2[C@@H]1OC(=O)CCc1nc(C2CC2)no1. The fourth-order valence-corrected chi connectivity index (χ4v) is 3.80. The molecule has 0 unspecified atom stereocenters. The first-order chi connectivity index (χ1) is 10.6. The Balaban J connectivity index is 1.29. The highest BCUT2D eigenvalue weighted by Gasteiger charge is 2.61. The van der Waals surface area contributed by atoms with E-state index in [4.69, 9.17) is 14.0 Å². The van der Waals surface area contributed by atoms with Crippen molar-refractivity contribution < 1.29 is 18.8 Å². The second-order valence-corrected chi connectivity index (χ2v) is 7.30. The summed E-state index contributed by atoms with van der Waals surface area (Å²) in [5, 5.41) is 3.96. The minimum Gasteiger partial charge on any atom is -0.461 e. The van der Waals surface area contributed by atoms with Crippen molar-refractivity contribution in [2.45, 2.75) is 64.1 Å². The Morgan fingerprint density at radius 1 is 1.36 bits per heavy atom. The van der Waals surface area contributed by atoms with Crippen LogP contribution in [0.3, 0.4) is 0 Å². The van der Waals surface area contributed by atoms with Crippen LogP contribution in [0.15, 0.2) is 4.52 Å². The number of esters is 1. The number of carbonyl (C=O) groups is 1. The van der Waals surface area contributed by atoms with Crippen LogP contribution in [0, 0.1) is 11.3 Å². The molecule has 0 radical (unpaired) electrons. The number of aromatic nitrogens is 2. The van der Waals surface area contributed by atoms with E-state index in [1.165, 1.54) is 0 Å². The molecular formula is C16H22N2O4. The molecule has 120 valence electrons. The number of ether oxygens (including phenoxy) is 2. The molecule has 0 aromatic carbocycles. The first-order valence-corrected chi connectivity index (χ1v) is 8.19. The van der Waals surface area contributed by atoms with Gasteiger partial charge in [-0.1, -0.05) is 19.0 Å². The molecule has 6 nitrogen and oxygen atoms in total. The topological polar surface area (TPSA) is 74.5 Å². The Labute approximate surface area is 129 Å². The maximum atomic E-state index is 12.1. The lowest BCUT2D eigenvalue weighted by atomic mass is 9.59. The molecule has 2 saturated carbocycles. The van der Waals surface area contributed by atoms with Crippen molar-refractivity contribution in [2.24, 2.45) is 11.3 Å². The van der Waals surface area contributed by atoms with Crippen LogP contribution in [0.1, 0.15) is 57.2 Å². The number of hydrogen-bond acceptors (Lipinski definition) is 6. The third-order valence-corrected chi connectivity index (χ3v) is 5.22. The number of hydrogen-bond donors (Lipinski definition) is 0.